The van der Waals surface area contributed by atoms with Crippen LogP contribution in [0.2, 0.25) is 5.02 Å². The first-order chi connectivity index (χ1) is 9.93. The molecular weight excluding hydrogens is 284 g/mol. The van der Waals surface area contributed by atoms with Crippen LogP contribution in [0.1, 0.15) is 51.6 Å². The fourth-order valence-corrected chi connectivity index (χ4v) is 3.12. The molecule has 1 atom stereocenters. The zero-order chi connectivity index (χ0) is 15.5. The summed E-state index contributed by atoms with van der Waals surface area (Å²) >= 11 is 6.46. The molecule has 0 radical (unpaired) electrons. The maximum atomic E-state index is 10.0. The van der Waals surface area contributed by atoms with Gasteiger partial charge in [-0.25, -0.2) is 0 Å². The van der Waals surface area contributed by atoms with Crippen molar-refractivity contribution in [2.24, 2.45) is 0 Å². The lowest BCUT2D eigenvalue weighted by Crippen LogP contribution is -2.42. The maximum absolute atomic E-state index is 10.0. The second-order valence-electron chi connectivity index (χ2n) is 6.37. The van der Waals surface area contributed by atoms with Crippen molar-refractivity contribution in [3.05, 3.63) is 28.8 Å². The molecule has 2 rings (SSSR count). The number of hydrogen-bond donors (Lipinski definition) is 2. The summed E-state index contributed by atoms with van der Waals surface area (Å²) in [5.74, 6) is 0. The van der Waals surface area contributed by atoms with Gasteiger partial charge in [0.15, 0.2) is 0 Å². The molecule has 1 unspecified atom stereocenters. The Hall–Kier alpha value is -0.770. The number of halogens is 1. The minimum atomic E-state index is -0.515. The van der Waals surface area contributed by atoms with E-state index in [1.165, 1.54) is 0 Å². The number of rotatable bonds is 5. The number of anilines is 1. The molecule has 0 amide bonds. The van der Waals surface area contributed by atoms with Crippen LogP contribution in [0.3, 0.4) is 0 Å². The number of benzene rings is 1. The monoisotopic (exact) mass is 310 g/mol. The van der Waals surface area contributed by atoms with Gasteiger partial charge in [-0.05, 0) is 57.4 Å². The number of piperidine rings is 1. The van der Waals surface area contributed by atoms with E-state index >= 15 is 0 Å². The van der Waals surface area contributed by atoms with Crippen LogP contribution in [0.25, 0.3) is 0 Å². The second kappa shape index (κ2) is 6.99. The molecular formula is C17H27ClN2O. The van der Waals surface area contributed by atoms with Crippen molar-refractivity contribution in [2.45, 2.75) is 51.7 Å². The van der Waals surface area contributed by atoms with E-state index in [2.05, 4.69) is 42.3 Å². The fraction of sp³-hybridized carbons (Fsp3) is 0.647. The van der Waals surface area contributed by atoms with Crippen LogP contribution in [0.5, 0.6) is 0 Å². The Labute approximate surface area is 133 Å². The maximum Gasteiger partial charge on any atom is 0.0653 e. The summed E-state index contributed by atoms with van der Waals surface area (Å²) in [4.78, 5) is 2.30. The van der Waals surface area contributed by atoms with E-state index < -0.39 is 5.60 Å². The van der Waals surface area contributed by atoms with Gasteiger partial charge >= 0.3 is 0 Å². The minimum absolute atomic E-state index is 0.272. The van der Waals surface area contributed by atoms with Crippen LogP contribution in [0, 0.1) is 0 Å². The summed E-state index contributed by atoms with van der Waals surface area (Å²) in [6.45, 7) is 8.99. The lowest BCUT2D eigenvalue weighted by Gasteiger charge is -2.37. The van der Waals surface area contributed by atoms with Crippen LogP contribution < -0.4 is 10.2 Å². The van der Waals surface area contributed by atoms with Crippen LogP contribution in [0.4, 0.5) is 5.69 Å². The Kier molecular flexibility index (Phi) is 5.53. The molecule has 0 aromatic heterocycles. The number of hydrogen-bond acceptors (Lipinski definition) is 3. The van der Waals surface area contributed by atoms with E-state index in [4.69, 9.17) is 11.6 Å². The van der Waals surface area contributed by atoms with Crippen molar-refractivity contribution in [2.75, 3.05) is 24.5 Å². The topological polar surface area (TPSA) is 35.5 Å². The van der Waals surface area contributed by atoms with Crippen LogP contribution >= 0.6 is 11.6 Å². The van der Waals surface area contributed by atoms with E-state index in [0.29, 0.717) is 0 Å². The van der Waals surface area contributed by atoms with E-state index in [0.717, 1.165) is 55.2 Å². The third-order valence-corrected chi connectivity index (χ3v) is 4.68. The van der Waals surface area contributed by atoms with Gasteiger partial charge in [0.2, 0.25) is 0 Å². The predicted molar refractivity (Wildman–Crippen MR) is 90.2 cm³/mol. The Balaban J connectivity index is 2.05. The molecule has 4 heteroatoms. The average Bonchev–Trinajstić information content (AvgIpc) is 2.44. The summed E-state index contributed by atoms with van der Waals surface area (Å²) < 4.78 is 0. The molecule has 0 bridgehead atoms. The van der Waals surface area contributed by atoms with E-state index in [9.17, 15) is 5.11 Å². The summed E-state index contributed by atoms with van der Waals surface area (Å²) in [5, 5.41) is 14.3. The van der Waals surface area contributed by atoms with Crippen molar-refractivity contribution in [1.29, 1.82) is 0 Å². The first-order valence-corrected chi connectivity index (χ1v) is 8.31. The van der Waals surface area contributed by atoms with Gasteiger partial charge in [-0.15, -0.1) is 0 Å². The van der Waals surface area contributed by atoms with Gasteiger partial charge in [0.25, 0.3) is 0 Å². The van der Waals surface area contributed by atoms with Gasteiger partial charge in [-0.1, -0.05) is 24.6 Å². The van der Waals surface area contributed by atoms with E-state index in [-0.39, 0.29) is 6.04 Å². The van der Waals surface area contributed by atoms with E-state index in [1.54, 1.807) is 0 Å². The summed E-state index contributed by atoms with van der Waals surface area (Å²) in [5.41, 5.74) is 1.79. The first-order valence-electron chi connectivity index (χ1n) is 7.93. The highest BCUT2D eigenvalue weighted by Crippen LogP contribution is 2.31. The Morgan fingerprint density at radius 3 is 2.62 bits per heavy atom. The molecule has 1 aliphatic rings. The molecule has 1 heterocycles. The Morgan fingerprint density at radius 1 is 1.38 bits per heavy atom. The van der Waals surface area contributed by atoms with E-state index in [1.807, 2.05) is 6.92 Å². The summed E-state index contributed by atoms with van der Waals surface area (Å²) in [6, 6.07) is 6.60. The first kappa shape index (κ1) is 16.6. The third-order valence-electron chi connectivity index (χ3n) is 4.36. The largest absolute Gasteiger partial charge is 0.390 e. The standard InChI is InChI=1S/C17H27ClN2O/c1-4-9-19-13(2)15-6-5-14(12-16(15)18)20-10-7-17(3,21)8-11-20/h5-6,12-13,19,21H,4,7-11H2,1-3H3. The van der Waals surface area contributed by atoms with Crippen LogP contribution in [-0.4, -0.2) is 30.3 Å². The second-order valence-corrected chi connectivity index (χ2v) is 6.77. The Bertz CT molecular complexity index is 466. The highest BCUT2D eigenvalue weighted by molar-refractivity contribution is 6.31. The molecule has 118 valence electrons. The highest BCUT2D eigenvalue weighted by Gasteiger charge is 2.27. The Morgan fingerprint density at radius 2 is 2.05 bits per heavy atom. The molecule has 1 saturated heterocycles. The van der Waals surface area contributed by atoms with Gasteiger partial charge in [-0.3, -0.25) is 0 Å². The smallest absolute Gasteiger partial charge is 0.0653 e. The molecule has 1 aliphatic heterocycles. The fourth-order valence-electron chi connectivity index (χ4n) is 2.78. The summed E-state index contributed by atoms with van der Waals surface area (Å²) in [6.07, 6.45) is 2.73. The lowest BCUT2D eigenvalue weighted by atomic mass is 9.93. The molecule has 3 nitrogen and oxygen atoms in total. The zero-order valence-electron chi connectivity index (χ0n) is 13.3. The van der Waals surface area contributed by atoms with Gasteiger partial charge in [-0.2, -0.15) is 0 Å². The SMILES string of the molecule is CCCNC(C)c1ccc(N2CCC(C)(O)CC2)cc1Cl. The quantitative estimate of drug-likeness (QED) is 0.869. The van der Waals surface area contributed by atoms with Crippen molar-refractivity contribution in [3.8, 4) is 0 Å². The minimum Gasteiger partial charge on any atom is -0.390 e. The van der Waals surface area contributed by atoms with Crippen molar-refractivity contribution >= 4 is 17.3 Å². The molecule has 1 aromatic carbocycles. The lowest BCUT2D eigenvalue weighted by molar-refractivity contribution is 0.0351. The molecule has 0 spiro atoms. The normalized spacial score (nSPS) is 19.6. The third kappa shape index (κ3) is 4.35. The van der Waals surface area contributed by atoms with Crippen molar-refractivity contribution < 1.29 is 5.11 Å². The highest BCUT2D eigenvalue weighted by atomic mass is 35.5. The average molecular weight is 311 g/mol. The van der Waals surface area contributed by atoms with Crippen LogP contribution in [0.15, 0.2) is 18.2 Å². The molecule has 21 heavy (non-hydrogen) atoms. The van der Waals surface area contributed by atoms with Crippen LogP contribution in [-0.2, 0) is 0 Å². The zero-order valence-corrected chi connectivity index (χ0v) is 14.1. The summed E-state index contributed by atoms with van der Waals surface area (Å²) in [7, 11) is 0. The number of aliphatic hydroxyl groups is 1. The molecule has 1 aromatic rings. The van der Waals surface area contributed by atoms with Crippen molar-refractivity contribution in [3.63, 3.8) is 0 Å². The number of nitrogens with one attached hydrogen (secondary N) is 1. The molecule has 2 N–H and O–H groups in total. The van der Waals surface area contributed by atoms with Gasteiger partial charge in [0.05, 0.1) is 5.60 Å². The molecule has 0 aliphatic carbocycles. The molecule has 0 saturated carbocycles. The van der Waals surface area contributed by atoms with Gasteiger partial charge in [0.1, 0.15) is 0 Å². The van der Waals surface area contributed by atoms with Crippen molar-refractivity contribution in [1.82, 2.24) is 5.32 Å². The number of nitrogens with zero attached hydrogens (tertiary/aromatic N) is 1. The molecule has 1 fully saturated rings. The van der Waals surface area contributed by atoms with Gasteiger partial charge in [0, 0.05) is 29.8 Å². The predicted octanol–water partition coefficient (Wildman–Crippen LogP) is 3.75. The van der Waals surface area contributed by atoms with Gasteiger partial charge < -0.3 is 15.3 Å².